The summed E-state index contributed by atoms with van der Waals surface area (Å²) < 4.78 is 1.94. The molecule has 0 unspecified atom stereocenters. The van der Waals surface area contributed by atoms with Crippen LogP contribution in [0, 0.1) is 6.92 Å². The highest BCUT2D eigenvalue weighted by atomic mass is 15.3. The normalized spacial score (nSPS) is 19.9. The van der Waals surface area contributed by atoms with Crippen molar-refractivity contribution >= 4 is 0 Å². The summed E-state index contributed by atoms with van der Waals surface area (Å²) in [4.78, 5) is 0. The van der Waals surface area contributed by atoms with Crippen molar-refractivity contribution in [1.82, 2.24) is 9.78 Å². The predicted molar refractivity (Wildman–Crippen MR) is 52.5 cm³/mol. The molecule has 2 N–H and O–H groups in total. The van der Waals surface area contributed by atoms with E-state index in [0.717, 1.165) is 6.54 Å². The summed E-state index contributed by atoms with van der Waals surface area (Å²) in [5.74, 6) is 0. The minimum atomic E-state index is 0.262. The third-order valence-electron chi connectivity index (χ3n) is 3.51. The van der Waals surface area contributed by atoms with Crippen LogP contribution in [0.15, 0.2) is 6.20 Å². The molecule has 0 atom stereocenters. The van der Waals surface area contributed by atoms with Crippen LogP contribution in [0.4, 0.5) is 0 Å². The fourth-order valence-electron chi connectivity index (χ4n) is 2.21. The van der Waals surface area contributed by atoms with Gasteiger partial charge in [-0.2, -0.15) is 5.10 Å². The number of aromatic nitrogens is 2. The number of nitrogens with zero attached hydrogens (tertiary/aromatic N) is 2. The fourth-order valence-corrected chi connectivity index (χ4v) is 2.21. The van der Waals surface area contributed by atoms with Gasteiger partial charge in [-0.05, 0) is 19.8 Å². The highest BCUT2D eigenvalue weighted by Gasteiger charge is 2.39. The molecule has 13 heavy (non-hydrogen) atoms. The van der Waals surface area contributed by atoms with Gasteiger partial charge in [0.2, 0.25) is 0 Å². The van der Waals surface area contributed by atoms with E-state index in [0.29, 0.717) is 0 Å². The molecule has 0 aliphatic heterocycles. The molecule has 72 valence electrons. The topological polar surface area (TPSA) is 43.8 Å². The Bertz CT molecular complexity index is 304. The monoisotopic (exact) mass is 179 g/mol. The summed E-state index contributed by atoms with van der Waals surface area (Å²) >= 11 is 0. The average molecular weight is 179 g/mol. The van der Waals surface area contributed by atoms with Crippen LogP contribution in [-0.2, 0) is 12.5 Å². The molecule has 1 saturated carbocycles. The van der Waals surface area contributed by atoms with Crippen LogP contribution in [0.3, 0.4) is 0 Å². The first kappa shape index (κ1) is 8.75. The molecular weight excluding hydrogens is 162 g/mol. The lowest BCUT2D eigenvalue weighted by atomic mass is 9.64. The lowest BCUT2D eigenvalue weighted by Gasteiger charge is -2.41. The largest absolute Gasteiger partial charge is 0.330 e. The van der Waals surface area contributed by atoms with Gasteiger partial charge >= 0.3 is 0 Å². The zero-order chi connectivity index (χ0) is 9.47. The van der Waals surface area contributed by atoms with E-state index >= 15 is 0 Å². The summed E-state index contributed by atoms with van der Waals surface area (Å²) in [7, 11) is 1.99. The van der Waals surface area contributed by atoms with Crippen LogP contribution in [-0.4, -0.2) is 16.3 Å². The number of hydrogen-bond acceptors (Lipinski definition) is 2. The van der Waals surface area contributed by atoms with Gasteiger partial charge in [-0.3, -0.25) is 4.68 Å². The van der Waals surface area contributed by atoms with Crippen LogP contribution in [0.2, 0.25) is 0 Å². The van der Waals surface area contributed by atoms with Crippen LogP contribution < -0.4 is 5.73 Å². The second-order valence-corrected chi connectivity index (χ2v) is 4.11. The number of hydrogen-bond donors (Lipinski definition) is 1. The average Bonchev–Trinajstić information content (AvgIpc) is 2.35. The minimum Gasteiger partial charge on any atom is -0.330 e. The van der Waals surface area contributed by atoms with Gasteiger partial charge in [-0.15, -0.1) is 0 Å². The molecule has 1 fully saturated rings. The van der Waals surface area contributed by atoms with Gasteiger partial charge in [0.15, 0.2) is 0 Å². The molecule has 1 heterocycles. The molecule has 0 radical (unpaired) electrons. The molecule has 1 aromatic rings. The van der Waals surface area contributed by atoms with Crippen molar-refractivity contribution in [1.29, 1.82) is 0 Å². The SMILES string of the molecule is Cc1c(C2(CN)CCC2)cnn1C. The number of rotatable bonds is 2. The zero-order valence-corrected chi connectivity index (χ0v) is 8.38. The van der Waals surface area contributed by atoms with Gasteiger partial charge in [-0.1, -0.05) is 6.42 Å². The molecule has 0 amide bonds. The highest BCUT2D eigenvalue weighted by Crippen LogP contribution is 2.43. The molecule has 0 spiro atoms. The molecule has 2 rings (SSSR count). The van der Waals surface area contributed by atoms with E-state index in [2.05, 4.69) is 12.0 Å². The van der Waals surface area contributed by atoms with E-state index in [1.54, 1.807) is 0 Å². The first-order valence-corrected chi connectivity index (χ1v) is 4.89. The summed E-state index contributed by atoms with van der Waals surface area (Å²) in [5.41, 5.74) is 8.74. The van der Waals surface area contributed by atoms with Crippen molar-refractivity contribution in [3.8, 4) is 0 Å². The van der Waals surface area contributed by atoms with E-state index in [1.165, 1.54) is 30.5 Å². The van der Waals surface area contributed by atoms with Gasteiger partial charge in [0.05, 0.1) is 6.20 Å². The van der Waals surface area contributed by atoms with Crippen molar-refractivity contribution in [2.45, 2.75) is 31.6 Å². The Morgan fingerprint density at radius 1 is 1.62 bits per heavy atom. The Kier molecular flexibility index (Phi) is 1.91. The molecule has 1 aliphatic rings. The summed E-state index contributed by atoms with van der Waals surface area (Å²) in [6.45, 7) is 2.89. The van der Waals surface area contributed by atoms with Gasteiger partial charge in [0.25, 0.3) is 0 Å². The second-order valence-electron chi connectivity index (χ2n) is 4.11. The van der Waals surface area contributed by atoms with Crippen LogP contribution in [0.25, 0.3) is 0 Å². The Hall–Kier alpha value is -0.830. The van der Waals surface area contributed by atoms with E-state index in [9.17, 15) is 0 Å². The summed E-state index contributed by atoms with van der Waals surface area (Å²) in [6, 6.07) is 0. The first-order chi connectivity index (χ1) is 6.19. The molecule has 3 heteroatoms. The lowest BCUT2D eigenvalue weighted by molar-refractivity contribution is 0.251. The third-order valence-corrected chi connectivity index (χ3v) is 3.51. The third kappa shape index (κ3) is 1.10. The smallest absolute Gasteiger partial charge is 0.0530 e. The van der Waals surface area contributed by atoms with E-state index in [4.69, 9.17) is 5.73 Å². The second kappa shape index (κ2) is 2.84. The Balaban J connectivity index is 2.38. The molecule has 3 nitrogen and oxygen atoms in total. The van der Waals surface area contributed by atoms with Gasteiger partial charge in [0.1, 0.15) is 0 Å². The maximum atomic E-state index is 5.84. The Labute approximate surface area is 78.9 Å². The standard InChI is InChI=1S/C10H17N3/c1-8-9(6-12-13(8)2)10(7-11)4-3-5-10/h6H,3-5,7,11H2,1-2H3. The molecular formula is C10H17N3. The Morgan fingerprint density at radius 2 is 2.31 bits per heavy atom. The van der Waals surface area contributed by atoms with Crippen molar-refractivity contribution in [3.05, 3.63) is 17.5 Å². The maximum absolute atomic E-state index is 5.84. The predicted octanol–water partition coefficient (Wildman–Crippen LogP) is 1.11. The van der Waals surface area contributed by atoms with Crippen LogP contribution in [0.5, 0.6) is 0 Å². The van der Waals surface area contributed by atoms with Gasteiger partial charge in [0, 0.05) is 30.3 Å². The van der Waals surface area contributed by atoms with Crippen molar-refractivity contribution in [2.75, 3.05) is 6.54 Å². The van der Waals surface area contributed by atoms with Gasteiger partial charge in [-0.25, -0.2) is 0 Å². The molecule has 0 bridgehead atoms. The Morgan fingerprint density at radius 3 is 2.62 bits per heavy atom. The lowest BCUT2D eigenvalue weighted by Crippen LogP contribution is -2.41. The summed E-state index contributed by atoms with van der Waals surface area (Å²) in [6.07, 6.45) is 5.76. The zero-order valence-electron chi connectivity index (χ0n) is 8.38. The fraction of sp³-hybridized carbons (Fsp3) is 0.700. The number of aryl methyl sites for hydroxylation is 1. The number of nitrogens with two attached hydrogens (primary N) is 1. The first-order valence-electron chi connectivity index (χ1n) is 4.89. The quantitative estimate of drug-likeness (QED) is 0.739. The van der Waals surface area contributed by atoms with E-state index in [-0.39, 0.29) is 5.41 Å². The minimum absolute atomic E-state index is 0.262. The van der Waals surface area contributed by atoms with E-state index in [1.807, 2.05) is 17.9 Å². The van der Waals surface area contributed by atoms with Crippen molar-refractivity contribution in [2.24, 2.45) is 12.8 Å². The van der Waals surface area contributed by atoms with Crippen molar-refractivity contribution in [3.63, 3.8) is 0 Å². The maximum Gasteiger partial charge on any atom is 0.0530 e. The summed E-state index contributed by atoms with van der Waals surface area (Å²) in [5, 5.41) is 4.27. The molecule has 1 aromatic heterocycles. The molecule has 1 aliphatic carbocycles. The van der Waals surface area contributed by atoms with Crippen LogP contribution >= 0.6 is 0 Å². The van der Waals surface area contributed by atoms with E-state index < -0.39 is 0 Å². The van der Waals surface area contributed by atoms with Crippen molar-refractivity contribution < 1.29 is 0 Å². The van der Waals surface area contributed by atoms with Crippen LogP contribution in [0.1, 0.15) is 30.5 Å². The highest BCUT2D eigenvalue weighted by molar-refractivity contribution is 5.30. The molecule has 0 aromatic carbocycles. The molecule has 0 saturated heterocycles. The van der Waals surface area contributed by atoms with Gasteiger partial charge < -0.3 is 5.73 Å².